The van der Waals surface area contributed by atoms with Gasteiger partial charge in [0.25, 0.3) is 5.91 Å². The Morgan fingerprint density at radius 3 is 2.78 bits per heavy atom. The number of hydrogen-bond acceptors (Lipinski definition) is 3. The van der Waals surface area contributed by atoms with Gasteiger partial charge in [0, 0.05) is 16.0 Å². The van der Waals surface area contributed by atoms with E-state index in [9.17, 15) is 4.79 Å². The Morgan fingerprint density at radius 1 is 1.39 bits per heavy atom. The van der Waals surface area contributed by atoms with Crippen molar-refractivity contribution in [1.29, 1.82) is 0 Å². The molecule has 1 aliphatic heterocycles. The van der Waals surface area contributed by atoms with Gasteiger partial charge in [-0.2, -0.15) is 0 Å². The first-order chi connectivity index (χ1) is 8.61. The minimum absolute atomic E-state index is 0.0660. The Labute approximate surface area is 120 Å². The van der Waals surface area contributed by atoms with Gasteiger partial charge in [-0.15, -0.1) is 0 Å². The predicted molar refractivity (Wildman–Crippen MR) is 77.5 cm³/mol. The molecule has 1 aromatic rings. The Hall–Kier alpha value is -0.980. The quantitative estimate of drug-likeness (QED) is 0.663. The molecule has 2 rings (SSSR count). The molecule has 1 N–H and O–H groups in total. The van der Waals surface area contributed by atoms with Crippen molar-refractivity contribution < 1.29 is 14.3 Å². The largest absolute Gasteiger partial charge is 0.454 e. The predicted octanol–water partition coefficient (Wildman–Crippen LogP) is 2.60. The van der Waals surface area contributed by atoms with Crippen molar-refractivity contribution in [3.63, 3.8) is 0 Å². The molecule has 1 aliphatic rings. The van der Waals surface area contributed by atoms with E-state index < -0.39 is 0 Å². The van der Waals surface area contributed by atoms with Gasteiger partial charge in [-0.3, -0.25) is 4.79 Å². The van der Waals surface area contributed by atoms with Crippen LogP contribution < -0.4 is 14.8 Å². The normalized spacial score (nSPS) is 14.7. The van der Waals surface area contributed by atoms with Crippen LogP contribution in [0.5, 0.6) is 11.5 Å². The van der Waals surface area contributed by atoms with E-state index in [1.54, 1.807) is 18.2 Å². The molecular formula is C13H16INO3. The van der Waals surface area contributed by atoms with E-state index in [0.717, 1.165) is 4.43 Å². The number of rotatable bonds is 4. The molecule has 1 unspecified atom stereocenters. The maximum absolute atomic E-state index is 12.1. The van der Waals surface area contributed by atoms with Crippen LogP contribution in [0.1, 0.15) is 24.2 Å². The Morgan fingerprint density at radius 2 is 2.11 bits per heavy atom. The van der Waals surface area contributed by atoms with Gasteiger partial charge in [0.05, 0.1) is 0 Å². The number of amides is 1. The molecule has 0 saturated carbocycles. The zero-order valence-corrected chi connectivity index (χ0v) is 12.6. The van der Waals surface area contributed by atoms with E-state index in [4.69, 9.17) is 9.47 Å². The lowest BCUT2D eigenvalue weighted by molar-refractivity contribution is 0.0931. The van der Waals surface area contributed by atoms with Crippen LogP contribution in [-0.4, -0.2) is 23.2 Å². The summed E-state index contributed by atoms with van der Waals surface area (Å²) in [6.45, 7) is 4.43. The first-order valence-electron chi connectivity index (χ1n) is 5.88. The summed E-state index contributed by atoms with van der Waals surface area (Å²) < 4.78 is 11.4. The molecule has 1 heterocycles. The van der Waals surface area contributed by atoms with E-state index in [1.807, 2.05) is 0 Å². The molecule has 0 radical (unpaired) electrons. The highest BCUT2D eigenvalue weighted by Gasteiger charge is 2.19. The Kier molecular flexibility index (Phi) is 4.31. The molecule has 5 heteroatoms. The lowest BCUT2D eigenvalue weighted by Crippen LogP contribution is -2.39. The lowest BCUT2D eigenvalue weighted by Gasteiger charge is -2.20. The summed E-state index contributed by atoms with van der Waals surface area (Å²) in [5, 5.41) is 3.03. The summed E-state index contributed by atoms with van der Waals surface area (Å²) in [6.07, 6.45) is 0. The molecule has 0 fully saturated rings. The van der Waals surface area contributed by atoms with Crippen LogP contribution in [0.15, 0.2) is 18.2 Å². The van der Waals surface area contributed by atoms with Gasteiger partial charge in [0.15, 0.2) is 11.5 Å². The molecule has 0 saturated heterocycles. The van der Waals surface area contributed by atoms with E-state index in [2.05, 4.69) is 41.8 Å². The molecule has 1 amide bonds. The van der Waals surface area contributed by atoms with Crippen LogP contribution in [-0.2, 0) is 0 Å². The van der Waals surface area contributed by atoms with Crippen molar-refractivity contribution in [3.8, 4) is 11.5 Å². The second-order valence-corrected chi connectivity index (χ2v) is 5.43. The van der Waals surface area contributed by atoms with Gasteiger partial charge in [0.1, 0.15) is 0 Å². The van der Waals surface area contributed by atoms with Crippen LogP contribution >= 0.6 is 22.6 Å². The van der Waals surface area contributed by atoms with Crippen molar-refractivity contribution in [2.24, 2.45) is 5.92 Å². The van der Waals surface area contributed by atoms with E-state index in [0.29, 0.717) is 23.0 Å². The SMILES string of the molecule is CC(C)C(CI)NC(=O)c1ccc2c(c1)OCO2. The first kappa shape index (κ1) is 13.5. The van der Waals surface area contributed by atoms with Crippen molar-refractivity contribution in [2.45, 2.75) is 19.9 Å². The number of carbonyl (C=O) groups excluding carboxylic acids is 1. The number of ether oxygens (including phenoxy) is 2. The van der Waals surface area contributed by atoms with Crippen LogP contribution in [0, 0.1) is 5.92 Å². The number of benzene rings is 1. The molecule has 1 atom stereocenters. The van der Waals surface area contributed by atoms with Crippen molar-refractivity contribution in [2.75, 3.05) is 11.2 Å². The fourth-order valence-electron chi connectivity index (χ4n) is 1.67. The maximum Gasteiger partial charge on any atom is 0.251 e. The number of fused-ring (bicyclic) bond motifs is 1. The average Bonchev–Trinajstić information content (AvgIpc) is 2.82. The molecule has 0 bridgehead atoms. The Bertz CT molecular complexity index is 448. The molecule has 0 aliphatic carbocycles. The third-order valence-electron chi connectivity index (χ3n) is 2.92. The maximum atomic E-state index is 12.1. The summed E-state index contributed by atoms with van der Waals surface area (Å²) in [5.74, 6) is 1.68. The second kappa shape index (κ2) is 5.77. The standard InChI is InChI=1S/C13H16INO3/c1-8(2)10(6-14)15-13(16)9-3-4-11-12(5-9)18-7-17-11/h3-5,8,10H,6-7H2,1-2H3,(H,15,16). The summed E-state index contributed by atoms with van der Waals surface area (Å²) in [5.41, 5.74) is 0.606. The molecule has 18 heavy (non-hydrogen) atoms. The van der Waals surface area contributed by atoms with Gasteiger partial charge < -0.3 is 14.8 Å². The van der Waals surface area contributed by atoms with E-state index in [1.165, 1.54) is 0 Å². The molecule has 0 spiro atoms. The molecule has 98 valence electrons. The number of carbonyl (C=O) groups is 1. The van der Waals surface area contributed by atoms with Crippen LogP contribution in [0.25, 0.3) is 0 Å². The minimum atomic E-state index is -0.0660. The summed E-state index contributed by atoms with van der Waals surface area (Å²) >= 11 is 2.29. The van der Waals surface area contributed by atoms with Crippen LogP contribution in [0.2, 0.25) is 0 Å². The van der Waals surface area contributed by atoms with E-state index >= 15 is 0 Å². The lowest BCUT2D eigenvalue weighted by atomic mass is 10.1. The van der Waals surface area contributed by atoms with Gasteiger partial charge >= 0.3 is 0 Å². The number of nitrogens with one attached hydrogen (secondary N) is 1. The highest BCUT2D eigenvalue weighted by molar-refractivity contribution is 14.1. The zero-order valence-electron chi connectivity index (χ0n) is 10.4. The fraction of sp³-hybridized carbons (Fsp3) is 0.462. The first-order valence-corrected chi connectivity index (χ1v) is 7.41. The van der Waals surface area contributed by atoms with E-state index in [-0.39, 0.29) is 18.7 Å². The second-order valence-electron chi connectivity index (χ2n) is 4.55. The fourth-order valence-corrected chi connectivity index (χ4v) is 2.91. The average molecular weight is 361 g/mol. The number of alkyl halides is 1. The molecule has 4 nitrogen and oxygen atoms in total. The summed E-state index contributed by atoms with van der Waals surface area (Å²) in [6, 6.07) is 5.44. The zero-order chi connectivity index (χ0) is 13.1. The summed E-state index contributed by atoms with van der Waals surface area (Å²) in [7, 11) is 0. The highest BCUT2D eigenvalue weighted by atomic mass is 127. The monoisotopic (exact) mass is 361 g/mol. The molecule has 0 aromatic heterocycles. The van der Waals surface area contributed by atoms with Gasteiger partial charge in [-0.25, -0.2) is 0 Å². The van der Waals surface area contributed by atoms with Crippen molar-refractivity contribution in [3.05, 3.63) is 23.8 Å². The number of hydrogen-bond donors (Lipinski definition) is 1. The summed E-state index contributed by atoms with van der Waals surface area (Å²) in [4.78, 5) is 12.1. The van der Waals surface area contributed by atoms with Gasteiger partial charge in [0.2, 0.25) is 6.79 Å². The van der Waals surface area contributed by atoms with Gasteiger partial charge in [-0.05, 0) is 24.1 Å². The van der Waals surface area contributed by atoms with Crippen molar-refractivity contribution in [1.82, 2.24) is 5.32 Å². The smallest absolute Gasteiger partial charge is 0.251 e. The van der Waals surface area contributed by atoms with Crippen molar-refractivity contribution >= 4 is 28.5 Å². The topological polar surface area (TPSA) is 47.6 Å². The highest BCUT2D eigenvalue weighted by Crippen LogP contribution is 2.32. The van der Waals surface area contributed by atoms with Gasteiger partial charge in [-0.1, -0.05) is 36.4 Å². The third kappa shape index (κ3) is 2.88. The molecular weight excluding hydrogens is 345 g/mol. The number of halogens is 1. The third-order valence-corrected chi connectivity index (χ3v) is 3.87. The van der Waals surface area contributed by atoms with Crippen LogP contribution in [0.4, 0.5) is 0 Å². The minimum Gasteiger partial charge on any atom is -0.454 e. The molecule has 1 aromatic carbocycles. The Balaban J connectivity index is 2.09. The van der Waals surface area contributed by atoms with Crippen LogP contribution in [0.3, 0.4) is 0 Å².